The summed E-state index contributed by atoms with van der Waals surface area (Å²) in [5.74, 6) is 0. The molecule has 0 aliphatic heterocycles. The maximum Gasteiger partial charge on any atom is 0.489 e. The van der Waals surface area contributed by atoms with Crippen LogP contribution in [-0.2, 0) is 6.18 Å². The minimum absolute atomic E-state index is 0.0409. The summed E-state index contributed by atoms with van der Waals surface area (Å²) < 4.78 is 38.8. The van der Waals surface area contributed by atoms with E-state index >= 15 is 0 Å². The molecule has 0 fully saturated rings. The summed E-state index contributed by atoms with van der Waals surface area (Å²) in [6.07, 6.45) is -4.50. The summed E-state index contributed by atoms with van der Waals surface area (Å²) in [6, 6.07) is 10.9. The smallest absolute Gasteiger partial charge is 0.423 e. The Morgan fingerprint density at radius 3 is 1.89 bits per heavy atom. The molecule has 0 heterocycles. The fraction of sp³-hybridized carbons (Fsp3) is 0.0769. The Morgan fingerprint density at radius 2 is 1.32 bits per heavy atom. The predicted octanol–water partition coefficient (Wildman–Crippen LogP) is 2.05. The molecule has 2 rings (SSSR count). The largest absolute Gasteiger partial charge is 0.489 e. The number of rotatable bonds is 2. The van der Waals surface area contributed by atoms with Gasteiger partial charge in [-0.3, -0.25) is 0 Å². The van der Waals surface area contributed by atoms with E-state index in [1.807, 2.05) is 0 Å². The predicted molar refractivity (Wildman–Crippen MR) is 66.7 cm³/mol. The molecule has 0 aromatic heterocycles. The minimum Gasteiger partial charge on any atom is -0.423 e. The first-order valence-electron chi connectivity index (χ1n) is 5.53. The zero-order valence-electron chi connectivity index (χ0n) is 9.72. The highest BCUT2D eigenvalue weighted by atomic mass is 19.4. The van der Waals surface area contributed by atoms with E-state index in [1.165, 1.54) is 36.4 Å². The van der Waals surface area contributed by atoms with E-state index in [9.17, 15) is 23.2 Å². The van der Waals surface area contributed by atoms with Crippen molar-refractivity contribution in [2.24, 2.45) is 0 Å². The molecular weight excluding hydrogens is 256 g/mol. The van der Waals surface area contributed by atoms with Crippen molar-refractivity contribution in [1.29, 1.82) is 0 Å². The molecule has 2 nitrogen and oxygen atoms in total. The van der Waals surface area contributed by atoms with Crippen molar-refractivity contribution < 1.29 is 23.2 Å². The average Bonchev–Trinajstić information content (AvgIpc) is 2.37. The highest BCUT2D eigenvalue weighted by molar-refractivity contribution is 6.60. The Bertz CT molecular complexity index is 582. The average molecular weight is 266 g/mol. The Morgan fingerprint density at radius 1 is 0.789 bits per heavy atom. The summed E-state index contributed by atoms with van der Waals surface area (Å²) in [5.41, 5.74) is -0.675. The fourth-order valence-corrected chi connectivity index (χ4v) is 1.93. The lowest BCUT2D eigenvalue weighted by molar-refractivity contribution is -0.137. The molecule has 0 bridgehead atoms. The molecule has 0 unspecified atom stereocenters. The van der Waals surface area contributed by atoms with Crippen LogP contribution in [0.5, 0.6) is 0 Å². The van der Waals surface area contributed by atoms with Crippen molar-refractivity contribution in [2.45, 2.75) is 6.18 Å². The van der Waals surface area contributed by atoms with Crippen molar-refractivity contribution in [3.05, 3.63) is 54.1 Å². The first kappa shape index (κ1) is 13.6. The summed E-state index contributed by atoms with van der Waals surface area (Å²) in [5, 5.41) is 18.5. The summed E-state index contributed by atoms with van der Waals surface area (Å²) in [4.78, 5) is 0. The van der Waals surface area contributed by atoms with Gasteiger partial charge in [0.1, 0.15) is 0 Å². The highest BCUT2D eigenvalue weighted by Gasteiger charge is 2.34. The fourth-order valence-electron chi connectivity index (χ4n) is 1.93. The third kappa shape index (κ3) is 2.80. The molecule has 0 spiro atoms. The van der Waals surface area contributed by atoms with Gasteiger partial charge in [-0.15, -0.1) is 0 Å². The number of alkyl halides is 3. The molecule has 98 valence electrons. The summed E-state index contributed by atoms with van der Waals surface area (Å²) in [7, 11) is -1.82. The Hall–Kier alpha value is -1.79. The number of hydrogen-bond acceptors (Lipinski definition) is 2. The van der Waals surface area contributed by atoms with Crippen LogP contribution in [0.3, 0.4) is 0 Å². The Balaban J connectivity index is 2.67. The SMILES string of the molecule is OB(O)c1ccccc1-c1ccccc1C(F)(F)F. The molecule has 6 heteroatoms. The van der Waals surface area contributed by atoms with E-state index < -0.39 is 18.9 Å². The van der Waals surface area contributed by atoms with E-state index in [-0.39, 0.29) is 16.6 Å². The molecule has 2 N–H and O–H groups in total. The number of halogens is 3. The van der Waals surface area contributed by atoms with Gasteiger partial charge in [0.15, 0.2) is 0 Å². The van der Waals surface area contributed by atoms with Crippen LogP contribution in [0, 0.1) is 0 Å². The number of benzene rings is 2. The lowest BCUT2D eigenvalue weighted by Gasteiger charge is -2.15. The molecule has 0 radical (unpaired) electrons. The third-order valence-corrected chi connectivity index (χ3v) is 2.76. The lowest BCUT2D eigenvalue weighted by atomic mass is 9.75. The molecule has 2 aromatic carbocycles. The van der Waals surface area contributed by atoms with Crippen LogP contribution in [0.1, 0.15) is 5.56 Å². The maximum absolute atomic E-state index is 12.9. The van der Waals surface area contributed by atoms with Crippen molar-refractivity contribution in [3.63, 3.8) is 0 Å². The molecule has 0 amide bonds. The summed E-state index contributed by atoms with van der Waals surface area (Å²) >= 11 is 0. The van der Waals surface area contributed by atoms with Crippen LogP contribution in [0.15, 0.2) is 48.5 Å². The van der Waals surface area contributed by atoms with E-state index in [4.69, 9.17) is 0 Å². The first-order valence-corrected chi connectivity index (χ1v) is 5.53. The van der Waals surface area contributed by atoms with Crippen LogP contribution in [0.25, 0.3) is 11.1 Å². The quantitative estimate of drug-likeness (QED) is 0.817. The monoisotopic (exact) mass is 266 g/mol. The molecular formula is C13H10BF3O2. The van der Waals surface area contributed by atoms with Gasteiger partial charge in [0, 0.05) is 0 Å². The van der Waals surface area contributed by atoms with Gasteiger partial charge in [-0.1, -0.05) is 42.5 Å². The van der Waals surface area contributed by atoms with Gasteiger partial charge in [0.05, 0.1) is 5.56 Å². The van der Waals surface area contributed by atoms with Gasteiger partial charge < -0.3 is 10.0 Å². The van der Waals surface area contributed by atoms with Crippen LogP contribution < -0.4 is 5.46 Å². The van der Waals surface area contributed by atoms with Crippen molar-refractivity contribution in [2.75, 3.05) is 0 Å². The molecule has 0 aliphatic carbocycles. The first-order chi connectivity index (χ1) is 8.91. The van der Waals surface area contributed by atoms with E-state index in [1.54, 1.807) is 6.07 Å². The van der Waals surface area contributed by atoms with Crippen LogP contribution in [-0.4, -0.2) is 17.2 Å². The van der Waals surface area contributed by atoms with Gasteiger partial charge in [0.25, 0.3) is 0 Å². The van der Waals surface area contributed by atoms with Crippen molar-refractivity contribution in [1.82, 2.24) is 0 Å². The molecule has 0 saturated heterocycles. The van der Waals surface area contributed by atoms with Gasteiger partial charge in [-0.25, -0.2) is 0 Å². The number of hydrogen-bond donors (Lipinski definition) is 2. The minimum atomic E-state index is -4.50. The second-order valence-electron chi connectivity index (χ2n) is 4.00. The Kier molecular flexibility index (Phi) is 3.64. The van der Waals surface area contributed by atoms with E-state index in [0.717, 1.165) is 6.07 Å². The molecule has 0 aliphatic rings. The zero-order chi connectivity index (χ0) is 14.0. The van der Waals surface area contributed by atoms with Gasteiger partial charge in [0.2, 0.25) is 0 Å². The van der Waals surface area contributed by atoms with Crippen molar-refractivity contribution >= 4 is 12.6 Å². The third-order valence-electron chi connectivity index (χ3n) is 2.76. The van der Waals surface area contributed by atoms with Gasteiger partial charge in [-0.2, -0.15) is 13.2 Å². The van der Waals surface area contributed by atoms with Crippen LogP contribution in [0.4, 0.5) is 13.2 Å². The molecule has 0 saturated carbocycles. The van der Waals surface area contributed by atoms with Crippen LogP contribution >= 0.6 is 0 Å². The lowest BCUT2D eigenvalue weighted by Crippen LogP contribution is -2.31. The molecule has 0 atom stereocenters. The highest BCUT2D eigenvalue weighted by Crippen LogP contribution is 2.36. The van der Waals surface area contributed by atoms with Gasteiger partial charge >= 0.3 is 13.3 Å². The zero-order valence-corrected chi connectivity index (χ0v) is 9.72. The maximum atomic E-state index is 12.9. The topological polar surface area (TPSA) is 40.5 Å². The van der Waals surface area contributed by atoms with Crippen molar-refractivity contribution in [3.8, 4) is 11.1 Å². The van der Waals surface area contributed by atoms with Crippen LogP contribution in [0.2, 0.25) is 0 Å². The second kappa shape index (κ2) is 5.07. The second-order valence-corrected chi connectivity index (χ2v) is 4.00. The van der Waals surface area contributed by atoms with Gasteiger partial charge in [-0.05, 0) is 22.7 Å². The van der Waals surface area contributed by atoms with E-state index in [0.29, 0.717) is 0 Å². The Labute approximate surface area is 108 Å². The molecule has 19 heavy (non-hydrogen) atoms. The standard InChI is InChI=1S/C13H10BF3O2/c15-13(16,17)11-7-3-1-5-9(11)10-6-2-4-8-12(10)14(18)19/h1-8,18-19H. The van der Waals surface area contributed by atoms with E-state index in [2.05, 4.69) is 0 Å². The molecule has 2 aromatic rings. The summed E-state index contributed by atoms with van der Waals surface area (Å²) in [6.45, 7) is 0. The normalized spacial score (nSPS) is 11.4.